The zero-order valence-electron chi connectivity index (χ0n) is 17.5. The van der Waals surface area contributed by atoms with Gasteiger partial charge in [0.2, 0.25) is 11.8 Å². The van der Waals surface area contributed by atoms with Crippen LogP contribution in [-0.2, 0) is 16.0 Å². The maximum Gasteiger partial charge on any atom is 0.294 e. The quantitative estimate of drug-likeness (QED) is 0.341. The number of aromatic amines is 1. The van der Waals surface area contributed by atoms with E-state index < -0.39 is 4.92 Å². The summed E-state index contributed by atoms with van der Waals surface area (Å²) in [5, 5.41) is 16.0. The molecule has 0 spiro atoms. The highest BCUT2D eigenvalue weighted by Crippen LogP contribution is 2.41. The number of fused-ring (bicyclic) bond motifs is 2. The highest BCUT2D eigenvalue weighted by atomic mass is 16.6. The van der Waals surface area contributed by atoms with Crippen LogP contribution in [0.1, 0.15) is 31.2 Å². The number of nitrogens with zero attached hydrogens (tertiary/aromatic N) is 2. The minimum atomic E-state index is -0.477. The Kier molecular flexibility index (Phi) is 5.13. The third kappa shape index (κ3) is 3.41. The van der Waals surface area contributed by atoms with Crippen LogP contribution in [0, 0.1) is 22.0 Å². The molecule has 2 heterocycles. The van der Waals surface area contributed by atoms with Gasteiger partial charge in [0.1, 0.15) is 5.69 Å². The molecule has 32 heavy (non-hydrogen) atoms. The first-order valence-corrected chi connectivity index (χ1v) is 11.0. The molecule has 1 aromatic heterocycles. The third-order valence-electron chi connectivity index (χ3n) is 6.66. The lowest BCUT2D eigenvalue weighted by atomic mass is 9.81. The Balaban J connectivity index is 1.35. The van der Waals surface area contributed by atoms with Crippen molar-refractivity contribution in [1.29, 1.82) is 0 Å². The standard InChI is InChI=1S/C24H24N4O4/c29-23-18-6-1-2-7-19(18)24(30)27(23)16-9-10-21(22(13-16)28(31)32)25-12-11-15-14-26-20-8-4-3-5-17(15)20/h3-5,8-10,13-14,18-19,25-26H,1-2,6-7,11-12H2/t18-,19-/m0/s1. The van der Waals surface area contributed by atoms with Gasteiger partial charge in [0.05, 0.1) is 22.4 Å². The van der Waals surface area contributed by atoms with E-state index in [-0.39, 0.29) is 35.0 Å². The fourth-order valence-electron chi connectivity index (χ4n) is 5.05. The summed E-state index contributed by atoms with van der Waals surface area (Å²) in [6, 6.07) is 12.5. The van der Waals surface area contributed by atoms with E-state index in [1.165, 1.54) is 6.07 Å². The van der Waals surface area contributed by atoms with Gasteiger partial charge in [-0.2, -0.15) is 0 Å². The van der Waals surface area contributed by atoms with Gasteiger partial charge in [0, 0.05) is 29.7 Å². The molecule has 5 rings (SSSR count). The number of para-hydroxylation sites is 1. The van der Waals surface area contributed by atoms with Gasteiger partial charge >= 0.3 is 0 Å². The van der Waals surface area contributed by atoms with E-state index in [0.717, 1.165) is 34.2 Å². The summed E-state index contributed by atoms with van der Waals surface area (Å²) in [5.41, 5.74) is 2.69. The minimum absolute atomic E-state index is 0.142. The van der Waals surface area contributed by atoms with Crippen molar-refractivity contribution in [1.82, 2.24) is 4.98 Å². The van der Waals surface area contributed by atoms with Gasteiger partial charge in [-0.15, -0.1) is 0 Å². The molecule has 2 aromatic carbocycles. The maximum atomic E-state index is 12.8. The van der Waals surface area contributed by atoms with Crippen LogP contribution in [0.5, 0.6) is 0 Å². The maximum absolute atomic E-state index is 12.8. The van der Waals surface area contributed by atoms with Crippen molar-refractivity contribution < 1.29 is 14.5 Å². The third-order valence-corrected chi connectivity index (χ3v) is 6.66. The normalized spacial score (nSPS) is 20.6. The van der Waals surface area contributed by atoms with Crippen LogP contribution in [0.15, 0.2) is 48.7 Å². The van der Waals surface area contributed by atoms with Gasteiger partial charge in [-0.05, 0) is 43.0 Å². The number of amides is 2. The second kappa shape index (κ2) is 8.11. The number of aromatic nitrogens is 1. The summed E-state index contributed by atoms with van der Waals surface area (Å²) < 4.78 is 0. The lowest BCUT2D eigenvalue weighted by molar-refractivity contribution is -0.383. The second-order valence-corrected chi connectivity index (χ2v) is 8.50. The highest BCUT2D eigenvalue weighted by Gasteiger charge is 2.49. The van der Waals surface area contributed by atoms with Gasteiger partial charge in [0.25, 0.3) is 5.69 Å². The number of anilines is 2. The van der Waals surface area contributed by atoms with Crippen LogP contribution in [0.25, 0.3) is 10.9 Å². The minimum Gasteiger partial charge on any atom is -0.379 e. The first kappa shape index (κ1) is 20.2. The summed E-state index contributed by atoms with van der Waals surface area (Å²) in [4.78, 5) is 41.3. The molecule has 1 saturated carbocycles. The molecule has 0 unspecified atom stereocenters. The zero-order valence-corrected chi connectivity index (χ0v) is 17.5. The first-order valence-electron chi connectivity index (χ1n) is 11.0. The molecule has 1 aliphatic carbocycles. The van der Waals surface area contributed by atoms with Crippen molar-refractivity contribution in [2.24, 2.45) is 11.8 Å². The van der Waals surface area contributed by atoms with E-state index in [1.54, 1.807) is 12.1 Å². The predicted octanol–water partition coefficient (Wildman–Crippen LogP) is 4.41. The van der Waals surface area contributed by atoms with Crippen LogP contribution in [0.2, 0.25) is 0 Å². The van der Waals surface area contributed by atoms with Crippen molar-refractivity contribution >= 4 is 39.8 Å². The fourth-order valence-corrected chi connectivity index (χ4v) is 5.05. The molecule has 8 heteroatoms. The Morgan fingerprint density at radius 1 is 1.06 bits per heavy atom. The number of nitrogens with one attached hydrogen (secondary N) is 2. The van der Waals surface area contributed by atoms with Gasteiger partial charge in [-0.25, -0.2) is 4.90 Å². The monoisotopic (exact) mass is 432 g/mol. The fraction of sp³-hybridized carbons (Fsp3) is 0.333. The molecule has 1 aliphatic heterocycles. The van der Waals surface area contributed by atoms with Gasteiger partial charge in [-0.3, -0.25) is 19.7 Å². The van der Waals surface area contributed by atoms with Crippen molar-refractivity contribution in [2.75, 3.05) is 16.8 Å². The second-order valence-electron chi connectivity index (χ2n) is 8.50. The summed E-state index contributed by atoms with van der Waals surface area (Å²) in [6.45, 7) is 0.508. The Labute approximate surface area is 184 Å². The molecular formula is C24H24N4O4. The van der Waals surface area contributed by atoms with Crippen molar-refractivity contribution in [2.45, 2.75) is 32.1 Å². The van der Waals surface area contributed by atoms with Crippen LogP contribution in [-0.4, -0.2) is 28.3 Å². The molecule has 2 atom stereocenters. The topological polar surface area (TPSA) is 108 Å². The smallest absolute Gasteiger partial charge is 0.294 e. The van der Waals surface area contributed by atoms with Gasteiger partial charge in [0.15, 0.2) is 0 Å². The van der Waals surface area contributed by atoms with Crippen LogP contribution in [0.4, 0.5) is 17.1 Å². The highest BCUT2D eigenvalue weighted by molar-refractivity contribution is 6.22. The molecular weight excluding hydrogens is 408 g/mol. The summed E-state index contributed by atoms with van der Waals surface area (Å²) in [7, 11) is 0. The number of nitro benzene ring substituents is 1. The number of carbonyl (C=O) groups is 2. The van der Waals surface area contributed by atoms with Crippen LogP contribution >= 0.6 is 0 Å². The Morgan fingerprint density at radius 3 is 2.50 bits per heavy atom. The number of carbonyl (C=O) groups excluding carboxylic acids is 2. The lowest BCUT2D eigenvalue weighted by Gasteiger charge is -2.19. The number of nitro groups is 1. The molecule has 0 radical (unpaired) electrons. The average molecular weight is 432 g/mol. The Bertz CT molecular complexity index is 1190. The summed E-state index contributed by atoms with van der Waals surface area (Å²) >= 11 is 0. The lowest BCUT2D eigenvalue weighted by Crippen LogP contribution is -2.30. The van der Waals surface area contributed by atoms with E-state index in [4.69, 9.17) is 0 Å². The van der Waals surface area contributed by atoms with E-state index >= 15 is 0 Å². The Morgan fingerprint density at radius 2 is 1.78 bits per heavy atom. The average Bonchev–Trinajstić information content (AvgIpc) is 3.33. The first-order chi connectivity index (χ1) is 15.5. The number of hydrogen-bond acceptors (Lipinski definition) is 5. The van der Waals surface area contributed by atoms with Crippen LogP contribution < -0.4 is 10.2 Å². The molecule has 0 bridgehead atoms. The molecule has 8 nitrogen and oxygen atoms in total. The largest absolute Gasteiger partial charge is 0.379 e. The predicted molar refractivity (Wildman–Crippen MR) is 122 cm³/mol. The summed E-state index contributed by atoms with van der Waals surface area (Å²) in [5.74, 6) is -1.03. The van der Waals surface area contributed by atoms with Crippen LogP contribution in [0.3, 0.4) is 0 Å². The Hall–Kier alpha value is -3.68. The molecule has 164 valence electrons. The van der Waals surface area contributed by atoms with Crippen molar-refractivity contribution in [3.05, 3.63) is 64.3 Å². The molecule has 1 saturated heterocycles. The molecule has 2 fully saturated rings. The molecule has 2 aliphatic rings. The van der Waals surface area contributed by atoms with E-state index in [1.807, 2.05) is 30.5 Å². The number of H-pyrrole nitrogens is 1. The van der Waals surface area contributed by atoms with E-state index in [0.29, 0.717) is 31.5 Å². The number of rotatable bonds is 6. The molecule has 2 N–H and O–H groups in total. The van der Waals surface area contributed by atoms with Crippen molar-refractivity contribution in [3.8, 4) is 0 Å². The zero-order chi connectivity index (χ0) is 22.2. The summed E-state index contributed by atoms with van der Waals surface area (Å²) in [6.07, 6.45) is 5.94. The number of benzene rings is 2. The number of imide groups is 1. The number of hydrogen-bond donors (Lipinski definition) is 2. The molecule has 3 aromatic rings. The SMILES string of the molecule is O=C1[C@H]2CCCC[C@@H]2C(=O)N1c1ccc(NCCc2c[nH]c3ccccc23)c([N+](=O)[O-])c1. The molecule has 2 amide bonds. The van der Waals surface area contributed by atoms with Gasteiger partial charge < -0.3 is 10.3 Å². The van der Waals surface area contributed by atoms with E-state index in [2.05, 4.69) is 10.3 Å². The van der Waals surface area contributed by atoms with Gasteiger partial charge in [-0.1, -0.05) is 31.0 Å². The van der Waals surface area contributed by atoms with Crippen molar-refractivity contribution in [3.63, 3.8) is 0 Å². The van der Waals surface area contributed by atoms with E-state index in [9.17, 15) is 19.7 Å².